The molecule has 1 amide bonds. The number of amides is 1. The average molecular weight is 343 g/mol. The highest BCUT2D eigenvalue weighted by Crippen LogP contribution is 2.22. The van der Waals surface area contributed by atoms with Gasteiger partial charge in [-0.1, -0.05) is 18.2 Å². The van der Waals surface area contributed by atoms with Crippen LogP contribution in [0.5, 0.6) is 0 Å². The lowest BCUT2D eigenvalue weighted by atomic mass is 10.1. The molecule has 1 aromatic carbocycles. The summed E-state index contributed by atoms with van der Waals surface area (Å²) in [6.07, 6.45) is -1.33. The molecule has 0 radical (unpaired) electrons. The molecule has 0 aliphatic carbocycles. The maximum atomic E-state index is 13.0. The van der Waals surface area contributed by atoms with E-state index in [1.165, 1.54) is 0 Å². The monoisotopic (exact) mass is 343 g/mol. The number of aryl methyl sites for hydroxylation is 1. The summed E-state index contributed by atoms with van der Waals surface area (Å²) >= 11 is 0. The Balaban J connectivity index is 1.92. The third-order valence-electron chi connectivity index (χ3n) is 4.33. The second kappa shape index (κ2) is 6.68. The minimum Gasteiger partial charge on any atom is -0.479 e. The zero-order chi connectivity index (χ0) is 18.1. The Bertz CT molecular complexity index is 800. The van der Waals surface area contributed by atoms with Crippen molar-refractivity contribution < 1.29 is 19.4 Å². The summed E-state index contributed by atoms with van der Waals surface area (Å²) < 4.78 is 7.12. The van der Waals surface area contributed by atoms with Gasteiger partial charge in [0.2, 0.25) is 0 Å². The van der Waals surface area contributed by atoms with Crippen molar-refractivity contribution in [2.45, 2.75) is 33.0 Å². The molecule has 1 aliphatic rings. The molecule has 0 saturated carbocycles. The van der Waals surface area contributed by atoms with Crippen molar-refractivity contribution in [2.24, 2.45) is 0 Å². The third kappa shape index (κ3) is 3.28. The number of benzene rings is 1. The predicted octanol–water partition coefficient (Wildman–Crippen LogP) is 1.80. The summed E-state index contributed by atoms with van der Waals surface area (Å²) in [6, 6.07) is 9.58. The van der Waals surface area contributed by atoms with Crippen LogP contribution in [0.25, 0.3) is 5.69 Å². The minimum atomic E-state index is -1.06. The Morgan fingerprint density at radius 3 is 2.52 bits per heavy atom. The molecule has 3 rings (SSSR count). The van der Waals surface area contributed by atoms with Crippen LogP contribution in [-0.4, -0.2) is 57.0 Å². The van der Waals surface area contributed by atoms with Gasteiger partial charge in [0.05, 0.1) is 35.3 Å². The topological polar surface area (TPSA) is 84.7 Å². The summed E-state index contributed by atoms with van der Waals surface area (Å²) in [4.78, 5) is 25.8. The Kier molecular flexibility index (Phi) is 4.59. The zero-order valence-electron chi connectivity index (χ0n) is 14.5. The number of morpholine rings is 1. The van der Waals surface area contributed by atoms with Gasteiger partial charge in [-0.25, -0.2) is 9.48 Å². The first-order valence-corrected chi connectivity index (χ1v) is 8.17. The van der Waals surface area contributed by atoms with Crippen LogP contribution in [0.3, 0.4) is 0 Å². The second-order valence-corrected chi connectivity index (χ2v) is 6.28. The fraction of sp³-hybridized carbons (Fsp3) is 0.389. The number of aromatic nitrogens is 2. The number of para-hydroxylation sites is 1. The van der Waals surface area contributed by atoms with Crippen molar-refractivity contribution >= 4 is 11.9 Å². The Morgan fingerprint density at radius 2 is 1.88 bits per heavy atom. The first kappa shape index (κ1) is 17.2. The SMILES string of the molecule is Cc1nn(-c2ccccc2)c(C)c1C(=O)N1CC(C(=O)O)O[C@H](C)C1. The molecular formula is C18H21N3O4. The summed E-state index contributed by atoms with van der Waals surface area (Å²) in [5, 5.41) is 13.7. The van der Waals surface area contributed by atoms with Crippen LogP contribution in [0.4, 0.5) is 0 Å². The second-order valence-electron chi connectivity index (χ2n) is 6.28. The van der Waals surface area contributed by atoms with Gasteiger partial charge in [-0.2, -0.15) is 5.10 Å². The van der Waals surface area contributed by atoms with Gasteiger partial charge in [0.25, 0.3) is 5.91 Å². The van der Waals surface area contributed by atoms with Gasteiger partial charge in [0.15, 0.2) is 6.10 Å². The molecule has 0 bridgehead atoms. The van der Waals surface area contributed by atoms with E-state index in [2.05, 4.69) is 5.10 Å². The highest BCUT2D eigenvalue weighted by Gasteiger charge is 2.34. The number of nitrogens with zero attached hydrogens (tertiary/aromatic N) is 3. The fourth-order valence-corrected chi connectivity index (χ4v) is 3.18. The molecule has 1 aliphatic heterocycles. The number of rotatable bonds is 3. The standard InChI is InChI=1S/C18H21N3O4/c1-11-9-20(10-15(25-11)18(23)24)17(22)16-12(2)19-21(13(16)3)14-7-5-4-6-8-14/h4-8,11,15H,9-10H2,1-3H3,(H,23,24)/t11-,15?/m1/s1. The Morgan fingerprint density at radius 1 is 1.20 bits per heavy atom. The normalized spacial score (nSPS) is 20.5. The lowest BCUT2D eigenvalue weighted by Gasteiger charge is -2.35. The summed E-state index contributed by atoms with van der Waals surface area (Å²) in [5.41, 5.74) is 2.75. The molecule has 2 aromatic rings. The van der Waals surface area contributed by atoms with E-state index in [1.54, 1.807) is 23.4 Å². The summed E-state index contributed by atoms with van der Waals surface area (Å²) in [7, 11) is 0. The lowest BCUT2D eigenvalue weighted by molar-refractivity contribution is -0.160. The highest BCUT2D eigenvalue weighted by molar-refractivity contribution is 5.97. The van der Waals surface area contributed by atoms with Gasteiger partial charge in [-0.3, -0.25) is 4.79 Å². The molecule has 2 atom stereocenters. The van der Waals surface area contributed by atoms with Crippen molar-refractivity contribution in [3.8, 4) is 5.69 Å². The van der Waals surface area contributed by atoms with Crippen LogP contribution >= 0.6 is 0 Å². The van der Waals surface area contributed by atoms with E-state index < -0.39 is 12.1 Å². The van der Waals surface area contributed by atoms with Crippen molar-refractivity contribution in [3.05, 3.63) is 47.3 Å². The van der Waals surface area contributed by atoms with Gasteiger partial charge in [-0.15, -0.1) is 0 Å². The first-order valence-electron chi connectivity index (χ1n) is 8.17. The first-order chi connectivity index (χ1) is 11.9. The molecule has 7 heteroatoms. The molecule has 1 aromatic heterocycles. The quantitative estimate of drug-likeness (QED) is 0.919. The molecule has 2 heterocycles. The number of hydrogen-bond acceptors (Lipinski definition) is 4. The van der Waals surface area contributed by atoms with Crippen LogP contribution in [0, 0.1) is 13.8 Å². The summed E-state index contributed by atoms with van der Waals surface area (Å²) in [5.74, 6) is -1.27. The molecular weight excluding hydrogens is 322 g/mol. The smallest absolute Gasteiger partial charge is 0.334 e. The van der Waals surface area contributed by atoms with Crippen LogP contribution in [0.2, 0.25) is 0 Å². The van der Waals surface area contributed by atoms with E-state index in [0.717, 1.165) is 11.4 Å². The number of carboxylic acid groups (broad SMARTS) is 1. The molecule has 1 unspecified atom stereocenters. The molecule has 1 fully saturated rings. The van der Waals surface area contributed by atoms with E-state index in [9.17, 15) is 14.7 Å². The highest BCUT2D eigenvalue weighted by atomic mass is 16.5. The number of carbonyl (C=O) groups is 2. The number of carboxylic acids is 1. The van der Waals surface area contributed by atoms with E-state index in [-0.39, 0.29) is 18.6 Å². The largest absolute Gasteiger partial charge is 0.479 e. The van der Waals surface area contributed by atoms with Crippen LogP contribution in [0.15, 0.2) is 30.3 Å². The van der Waals surface area contributed by atoms with Crippen LogP contribution in [-0.2, 0) is 9.53 Å². The molecule has 1 N–H and O–H groups in total. The van der Waals surface area contributed by atoms with Crippen LogP contribution < -0.4 is 0 Å². The zero-order valence-corrected chi connectivity index (χ0v) is 14.5. The lowest BCUT2D eigenvalue weighted by Crippen LogP contribution is -2.52. The average Bonchev–Trinajstić information content (AvgIpc) is 2.89. The third-order valence-corrected chi connectivity index (χ3v) is 4.33. The minimum absolute atomic E-state index is 0.0356. The van der Waals surface area contributed by atoms with Crippen molar-refractivity contribution in [3.63, 3.8) is 0 Å². The fourth-order valence-electron chi connectivity index (χ4n) is 3.18. The van der Waals surface area contributed by atoms with E-state index in [1.807, 2.05) is 37.3 Å². The number of hydrogen-bond donors (Lipinski definition) is 1. The molecule has 7 nitrogen and oxygen atoms in total. The number of ether oxygens (including phenoxy) is 1. The molecule has 1 saturated heterocycles. The predicted molar refractivity (Wildman–Crippen MR) is 90.9 cm³/mol. The molecule has 132 valence electrons. The number of aliphatic carboxylic acids is 1. The molecule has 0 spiro atoms. The van der Waals surface area contributed by atoms with Crippen molar-refractivity contribution in [1.29, 1.82) is 0 Å². The van der Waals surface area contributed by atoms with E-state index in [4.69, 9.17) is 4.74 Å². The van der Waals surface area contributed by atoms with Crippen molar-refractivity contribution in [1.82, 2.24) is 14.7 Å². The Hall–Kier alpha value is -2.67. The Labute approximate surface area is 145 Å². The molecule has 25 heavy (non-hydrogen) atoms. The maximum absolute atomic E-state index is 13.0. The summed E-state index contributed by atoms with van der Waals surface area (Å²) in [6.45, 7) is 5.80. The number of carbonyl (C=O) groups excluding carboxylic acids is 1. The van der Waals surface area contributed by atoms with E-state index in [0.29, 0.717) is 17.8 Å². The van der Waals surface area contributed by atoms with Gasteiger partial charge in [-0.05, 0) is 32.9 Å². The van der Waals surface area contributed by atoms with Gasteiger partial charge in [0, 0.05) is 6.54 Å². The van der Waals surface area contributed by atoms with Gasteiger partial charge >= 0.3 is 5.97 Å². The van der Waals surface area contributed by atoms with Crippen molar-refractivity contribution in [2.75, 3.05) is 13.1 Å². The van der Waals surface area contributed by atoms with Crippen LogP contribution in [0.1, 0.15) is 28.7 Å². The van der Waals surface area contributed by atoms with Gasteiger partial charge < -0.3 is 14.7 Å². The maximum Gasteiger partial charge on any atom is 0.334 e. The van der Waals surface area contributed by atoms with Gasteiger partial charge in [0.1, 0.15) is 0 Å². The van der Waals surface area contributed by atoms with E-state index >= 15 is 0 Å².